The molecule has 0 saturated carbocycles. The van der Waals surface area contributed by atoms with Crippen LogP contribution < -0.4 is 5.32 Å². The molecular formula is C16H20FN3. The molecule has 0 bridgehead atoms. The van der Waals surface area contributed by atoms with Crippen LogP contribution in [0.2, 0.25) is 0 Å². The fraction of sp³-hybridized carbons (Fsp3) is 0.375. The normalized spacial score (nSPS) is 10.6. The van der Waals surface area contributed by atoms with Crippen LogP contribution in [-0.4, -0.2) is 9.97 Å². The largest absolute Gasteiger partial charge is 0.366 e. The summed E-state index contributed by atoms with van der Waals surface area (Å²) in [5.74, 6) is 0.684. The highest BCUT2D eigenvalue weighted by atomic mass is 19.1. The topological polar surface area (TPSA) is 37.8 Å². The SMILES string of the molecule is CCCc1cc(NCc2cc(C)c(F)c(C)c2)ncn1. The third-order valence-corrected chi connectivity index (χ3v) is 3.20. The van der Waals surface area contributed by atoms with Crippen molar-refractivity contribution in [3.05, 3.63) is 52.7 Å². The van der Waals surface area contributed by atoms with Gasteiger partial charge in [0.25, 0.3) is 0 Å². The molecule has 0 saturated heterocycles. The van der Waals surface area contributed by atoms with E-state index in [0.29, 0.717) is 17.7 Å². The lowest BCUT2D eigenvalue weighted by Crippen LogP contribution is -2.04. The predicted octanol–water partition coefficient (Wildman–Crippen LogP) is 3.80. The summed E-state index contributed by atoms with van der Waals surface area (Å²) in [5, 5.41) is 3.26. The molecule has 1 aromatic carbocycles. The summed E-state index contributed by atoms with van der Waals surface area (Å²) in [6, 6.07) is 5.69. The number of nitrogens with zero attached hydrogens (tertiary/aromatic N) is 2. The van der Waals surface area contributed by atoms with E-state index in [-0.39, 0.29) is 5.82 Å². The van der Waals surface area contributed by atoms with E-state index in [0.717, 1.165) is 29.9 Å². The van der Waals surface area contributed by atoms with E-state index < -0.39 is 0 Å². The van der Waals surface area contributed by atoms with Crippen molar-refractivity contribution in [3.8, 4) is 0 Å². The zero-order valence-corrected chi connectivity index (χ0v) is 12.2. The summed E-state index contributed by atoms with van der Waals surface area (Å²) in [6.45, 7) is 6.33. The first kappa shape index (κ1) is 14.4. The minimum Gasteiger partial charge on any atom is -0.366 e. The second kappa shape index (κ2) is 6.46. The molecule has 0 radical (unpaired) electrons. The minimum absolute atomic E-state index is 0.124. The number of halogens is 1. The van der Waals surface area contributed by atoms with Crippen LogP contribution in [0.4, 0.5) is 10.2 Å². The predicted molar refractivity (Wildman–Crippen MR) is 79.2 cm³/mol. The lowest BCUT2D eigenvalue weighted by Gasteiger charge is -2.09. The number of anilines is 1. The van der Waals surface area contributed by atoms with Gasteiger partial charge >= 0.3 is 0 Å². The first-order valence-corrected chi connectivity index (χ1v) is 6.90. The Morgan fingerprint density at radius 3 is 2.45 bits per heavy atom. The average Bonchev–Trinajstić information content (AvgIpc) is 2.43. The van der Waals surface area contributed by atoms with Gasteiger partial charge in [-0.3, -0.25) is 0 Å². The van der Waals surface area contributed by atoms with E-state index in [1.165, 1.54) is 0 Å². The Morgan fingerprint density at radius 1 is 1.10 bits per heavy atom. The number of rotatable bonds is 5. The molecule has 0 aliphatic heterocycles. The van der Waals surface area contributed by atoms with Crippen molar-refractivity contribution in [3.63, 3.8) is 0 Å². The van der Waals surface area contributed by atoms with Crippen molar-refractivity contribution >= 4 is 5.82 Å². The summed E-state index contributed by atoms with van der Waals surface area (Å²) < 4.78 is 13.6. The molecule has 1 aromatic heterocycles. The fourth-order valence-electron chi connectivity index (χ4n) is 2.22. The third kappa shape index (κ3) is 3.53. The van der Waals surface area contributed by atoms with Crippen molar-refractivity contribution in [1.29, 1.82) is 0 Å². The standard InChI is InChI=1S/C16H20FN3/c1-4-5-14-8-15(20-10-19-14)18-9-13-6-11(2)16(17)12(3)7-13/h6-8,10H,4-5,9H2,1-3H3,(H,18,19,20). The quantitative estimate of drug-likeness (QED) is 0.900. The summed E-state index contributed by atoms with van der Waals surface area (Å²) in [5.41, 5.74) is 3.45. The highest BCUT2D eigenvalue weighted by Crippen LogP contribution is 2.16. The Labute approximate surface area is 119 Å². The molecule has 4 heteroatoms. The van der Waals surface area contributed by atoms with E-state index >= 15 is 0 Å². The lowest BCUT2D eigenvalue weighted by atomic mass is 10.1. The third-order valence-electron chi connectivity index (χ3n) is 3.20. The van der Waals surface area contributed by atoms with Gasteiger partial charge in [-0.15, -0.1) is 0 Å². The first-order valence-electron chi connectivity index (χ1n) is 6.90. The van der Waals surface area contributed by atoms with Crippen molar-refractivity contribution in [2.45, 2.75) is 40.2 Å². The zero-order chi connectivity index (χ0) is 14.5. The van der Waals surface area contributed by atoms with Crippen LogP contribution in [0.5, 0.6) is 0 Å². The molecule has 2 rings (SSSR count). The van der Waals surface area contributed by atoms with Gasteiger partial charge in [-0.2, -0.15) is 0 Å². The fourth-order valence-corrected chi connectivity index (χ4v) is 2.22. The van der Waals surface area contributed by atoms with E-state index in [2.05, 4.69) is 22.2 Å². The molecule has 20 heavy (non-hydrogen) atoms. The Hall–Kier alpha value is -1.97. The molecule has 0 amide bonds. The maximum atomic E-state index is 13.6. The van der Waals surface area contributed by atoms with Crippen LogP contribution in [0.25, 0.3) is 0 Å². The second-order valence-corrected chi connectivity index (χ2v) is 5.04. The number of hydrogen-bond donors (Lipinski definition) is 1. The number of hydrogen-bond acceptors (Lipinski definition) is 3. The van der Waals surface area contributed by atoms with Gasteiger partial charge in [0, 0.05) is 18.3 Å². The van der Waals surface area contributed by atoms with Crippen LogP contribution in [0.3, 0.4) is 0 Å². The highest BCUT2D eigenvalue weighted by molar-refractivity contribution is 5.38. The van der Waals surface area contributed by atoms with Crippen molar-refractivity contribution in [2.75, 3.05) is 5.32 Å². The van der Waals surface area contributed by atoms with Gasteiger partial charge in [-0.25, -0.2) is 14.4 Å². The number of benzene rings is 1. The molecular weight excluding hydrogens is 253 g/mol. The molecule has 1 N–H and O–H groups in total. The van der Waals surface area contributed by atoms with Gasteiger partial charge < -0.3 is 5.32 Å². The van der Waals surface area contributed by atoms with Crippen LogP contribution in [0.15, 0.2) is 24.5 Å². The molecule has 0 aliphatic rings. The summed E-state index contributed by atoms with van der Waals surface area (Å²) in [6.07, 6.45) is 3.59. The average molecular weight is 273 g/mol. The van der Waals surface area contributed by atoms with Crippen LogP contribution in [-0.2, 0) is 13.0 Å². The number of nitrogens with one attached hydrogen (secondary N) is 1. The van der Waals surface area contributed by atoms with E-state index in [9.17, 15) is 4.39 Å². The lowest BCUT2D eigenvalue weighted by molar-refractivity contribution is 0.608. The van der Waals surface area contributed by atoms with E-state index in [1.54, 1.807) is 20.2 Å². The maximum absolute atomic E-state index is 13.6. The monoisotopic (exact) mass is 273 g/mol. The van der Waals surface area contributed by atoms with Gasteiger partial charge in [-0.1, -0.05) is 25.5 Å². The molecule has 0 unspecified atom stereocenters. The van der Waals surface area contributed by atoms with Gasteiger partial charge in [0.1, 0.15) is 18.0 Å². The highest BCUT2D eigenvalue weighted by Gasteiger charge is 2.05. The zero-order valence-electron chi connectivity index (χ0n) is 12.2. The Morgan fingerprint density at radius 2 is 1.80 bits per heavy atom. The Balaban J connectivity index is 2.07. The maximum Gasteiger partial charge on any atom is 0.129 e. The molecule has 106 valence electrons. The summed E-state index contributed by atoms with van der Waals surface area (Å²) in [7, 11) is 0. The summed E-state index contributed by atoms with van der Waals surface area (Å²) >= 11 is 0. The molecule has 0 aliphatic carbocycles. The van der Waals surface area contributed by atoms with Crippen LogP contribution >= 0.6 is 0 Å². The van der Waals surface area contributed by atoms with Crippen molar-refractivity contribution in [2.24, 2.45) is 0 Å². The van der Waals surface area contributed by atoms with Crippen molar-refractivity contribution in [1.82, 2.24) is 9.97 Å². The molecule has 3 nitrogen and oxygen atoms in total. The van der Waals surface area contributed by atoms with Gasteiger partial charge in [0.05, 0.1) is 0 Å². The van der Waals surface area contributed by atoms with E-state index in [1.807, 2.05) is 18.2 Å². The van der Waals surface area contributed by atoms with Gasteiger partial charge in [0.2, 0.25) is 0 Å². The Kier molecular flexibility index (Phi) is 4.66. The first-order chi connectivity index (χ1) is 9.60. The molecule has 1 heterocycles. The van der Waals surface area contributed by atoms with Crippen LogP contribution in [0.1, 0.15) is 35.7 Å². The smallest absolute Gasteiger partial charge is 0.129 e. The molecule has 0 fully saturated rings. The van der Waals surface area contributed by atoms with Gasteiger partial charge in [0.15, 0.2) is 0 Å². The van der Waals surface area contributed by atoms with E-state index in [4.69, 9.17) is 0 Å². The Bertz CT molecular complexity index is 573. The number of aryl methyl sites for hydroxylation is 3. The van der Waals surface area contributed by atoms with Gasteiger partial charge in [-0.05, 0) is 37.0 Å². The molecule has 0 atom stereocenters. The molecule has 2 aromatic rings. The van der Waals surface area contributed by atoms with Crippen LogP contribution in [0, 0.1) is 19.7 Å². The van der Waals surface area contributed by atoms with Crippen molar-refractivity contribution < 1.29 is 4.39 Å². The number of aromatic nitrogens is 2. The molecule has 0 spiro atoms. The second-order valence-electron chi connectivity index (χ2n) is 5.04. The minimum atomic E-state index is -0.124. The summed E-state index contributed by atoms with van der Waals surface area (Å²) in [4.78, 5) is 8.43.